The van der Waals surface area contributed by atoms with Crippen LogP contribution in [0.15, 0.2) is 82.8 Å². The fraction of sp³-hybridized carbons (Fsp3) is 0.475. The quantitative estimate of drug-likeness (QED) is 0.157. The van der Waals surface area contributed by atoms with Gasteiger partial charge in [-0.1, -0.05) is 57.2 Å². The van der Waals surface area contributed by atoms with Crippen molar-refractivity contribution in [3.8, 4) is 5.75 Å². The number of ether oxygens (including phenoxy) is 1. The number of aromatic nitrogens is 2. The van der Waals surface area contributed by atoms with E-state index >= 15 is 0 Å². The van der Waals surface area contributed by atoms with Crippen LogP contribution in [-0.4, -0.2) is 46.7 Å². The summed E-state index contributed by atoms with van der Waals surface area (Å²) in [5, 5.41) is 4.24. The Bertz CT molecular complexity index is 1850. The van der Waals surface area contributed by atoms with Gasteiger partial charge in [-0.25, -0.2) is 14.4 Å². The van der Waals surface area contributed by atoms with Gasteiger partial charge in [-0.05, 0) is 103 Å². The summed E-state index contributed by atoms with van der Waals surface area (Å²) >= 11 is 0. The molecule has 2 unspecified atom stereocenters. The zero-order valence-electron chi connectivity index (χ0n) is 28.7. The van der Waals surface area contributed by atoms with Gasteiger partial charge >= 0.3 is 0 Å². The maximum atomic E-state index is 14.5. The van der Waals surface area contributed by atoms with Gasteiger partial charge in [-0.2, -0.15) is 0 Å². The van der Waals surface area contributed by atoms with Crippen LogP contribution < -0.4 is 15.6 Å². The summed E-state index contributed by atoms with van der Waals surface area (Å²) in [7, 11) is 1.51. The maximum Gasteiger partial charge on any atom is 0.261 e. The molecule has 0 radical (unpaired) electrons. The molecule has 252 valence electrons. The van der Waals surface area contributed by atoms with Crippen LogP contribution in [0.25, 0.3) is 10.9 Å². The molecule has 4 atom stereocenters. The number of nitrogens with one attached hydrogen (secondary N) is 1. The van der Waals surface area contributed by atoms with Crippen molar-refractivity contribution in [3.63, 3.8) is 0 Å². The second-order valence-corrected chi connectivity index (χ2v) is 14.9. The van der Waals surface area contributed by atoms with Gasteiger partial charge in [-0.3, -0.25) is 9.36 Å². The predicted molar refractivity (Wildman–Crippen MR) is 191 cm³/mol. The Hall–Kier alpha value is -4.20. The molecule has 4 aliphatic rings. The van der Waals surface area contributed by atoms with Crippen LogP contribution in [-0.2, 0) is 19.4 Å². The topological polar surface area (TPSA) is 71.8 Å². The average Bonchev–Trinajstić information content (AvgIpc) is 3.09. The van der Waals surface area contributed by atoms with E-state index in [1.165, 1.54) is 25.2 Å². The largest absolute Gasteiger partial charge is 0.497 e. The molecule has 1 aliphatic heterocycles. The number of piperidine rings is 1. The van der Waals surface area contributed by atoms with E-state index in [0.29, 0.717) is 58.5 Å². The molecule has 3 saturated carbocycles. The fourth-order valence-corrected chi connectivity index (χ4v) is 8.56. The highest BCUT2D eigenvalue weighted by molar-refractivity contribution is 5.96. The molecular formula is C40H48FN5O2. The molecular weight excluding hydrogens is 601 g/mol. The van der Waals surface area contributed by atoms with Gasteiger partial charge in [0.15, 0.2) is 5.96 Å². The van der Waals surface area contributed by atoms with Crippen molar-refractivity contribution in [1.29, 1.82) is 0 Å². The number of methoxy groups -OCH3 is 1. The zero-order valence-corrected chi connectivity index (χ0v) is 28.7. The number of anilines is 1. The predicted octanol–water partition coefficient (Wildman–Crippen LogP) is 7.58. The molecule has 2 bridgehead atoms. The lowest BCUT2D eigenvalue weighted by molar-refractivity contribution is -0.108. The number of fused-ring (bicyclic) bond motifs is 3. The Morgan fingerprint density at radius 3 is 2.56 bits per heavy atom. The highest BCUT2D eigenvalue weighted by atomic mass is 19.1. The molecule has 3 aliphatic carbocycles. The molecule has 0 amide bonds. The zero-order chi connectivity index (χ0) is 33.4. The summed E-state index contributed by atoms with van der Waals surface area (Å²) in [6.45, 7) is 9.54. The maximum absolute atomic E-state index is 14.5. The Kier molecular flexibility index (Phi) is 9.01. The van der Waals surface area contributed by atoms with Crippen LogP contribution in [0.4, 0.5) is 10.1 Å². The number of aliphatic imine (C=N–C) groups is 1. The summed E-state index contributed by atoms with van der Waals surface area (Å²) in [5.74, 6) is 3.74. The summed E-state index contributed by atoms with van der Waals surface area (Å²) in [6.07, 6.45) is 7.80. The average molecular weight is 650 g/mol. The van der Waals surface area contributed by atoms with Crippen LogP contribution in [0, 0.1) is 34.9 Å². The van der Waals surface area contributed by atoms with E-state index in [1.54, 1.807) is 23.0 Å². The van der Waals surface area contributed by atoms with E-state index in [0.717, 1.165) is 62.3 Å². The lowest BCUT2D eigenvalue weighted by Gasteiger charge is -2.61. The van der Waals surface area contributed by atoms with Gasteiger partial charge < -0.3 is 15.0 Å². The van der Waals surface area contributed by atoms with Crippen molar-refractivity contribution >= 4 is 22.5 Å². The van der Waals surface area contributed by atoms with Crippen molar-refractivity contribution < 1.29 is 9.13 Å². The number of halogens is 1. The first kappa shape index (κ1) is 32.4. The van der Waals surface area contributed by atoms with E-state index in [4.69, 9.17) is 9.73 Å². The monoisotopic (exact) mass is 649 g/mol. The van der Waals surface area contributed by atoms with Crippen LogP contribution in [0.1, 0.15) is 57.6 Å². The van der Waals surface area contributed by atoms with E-state index < -0.39 is 0 Å². The fourth-order valence-electron chi connectivity index (χ4n) is 8.56. The standard InChI is InChI=1S/C40H48FN5O2/c1-26-34-21-30(40(34,2)3)22-36(26)44-39(45-17-14-28(15-18-45)20-27-8-6-5-7-9-27)43-31-11-13-33-37(23-31)42-25-46(38(33)47)19-16-29-10-12-32(48-4)24-35(29)41/h5-13,23-26,28,30,34,36H,14-22H2,1-4H3,(H,43,44)/t26-,30?,34+,36?/m0/s1. The molecule has 48 heavy (non-hydrogen) atoms. The molecule has 1 N–H and O–H groups in total. The van der Waals surface area contributed by atoms with E-state index in [2.05, 4.69) is 66.3 Å². The highest BCUT2D eigenvalue weighted by Crippen LogP contribution is 2.61. The van der Waals surface area contributed by atoms with E-state index in [9.17, 15) is 9.18 Å². The van der Waals surface area contributed by atoms with Crippen molar-refractivity contribution in [1.82, 2.24) is 14.5 Å². The van der Waals surface area contributed by atoms with Gasteiger partial charge in [0.1, 0.15) is 11.6 Å². The Labute approximate surface area is 283 Å². The Morgan fingerprint density at radius 1 is 1.06 bits per heavy atom. The molecule has 8 rings (SSSR count). The number of rotatable bonds is 8. The minimum Gasteiger partial charge on any atom is -0.497 e. The van der Waals surface area contributed by atoms with Gasteiger partial charge in [0.05, 0.1) is 30.4 Å². The van der Waals surface area contributed by atoms with Gasteiger partial charge in [-0.15, -0.1) is 0 Å². The SMILES string of the molecule is COc1ccc(CCn2cnc3cc(NC(=NC4CC5C[C@H]([C@@H]4C)C5(C)C)N4CCC(Cc5ccccc5)CC4)ccc3c2=O)c(F)c1. The molecule has 7 nitrogen and oxygen atoms in total. The first-order chi connectivity index (χ1) is 23.2. The lowest BCUT2D eigenvalue weighted by atomic mass is 9.45. The van der Waals surface area contributed by atoms with E-state index in [1.807, 2.05) is 18.2 Å². The molecule has 8 heteroatoms. The van der Waals surface area contributed by atoms with Crippen LogP contribution >= 0.6 is 0 Å². The van der Waals surface area contributed by atoms with E-state index in [-0.39, 0.29) is 11.4 Å². The molecule has 0 spiro atoms. The smallest absolute Gasteiger partial charge is 0.261 e. The number of guanidine groups is 1. The second kappa shape index (κ2) is 13.4. The molecule has 4 aromatic rings. The third kappa shape index (κ3) is 6.46. The summed E-state index contributed by atoms with van der Waals surface area (Å²) in [4.78, 5) is 26.0. The molecule has 1 aromatic heterocycles. The second-order valence-electron chi connectivity index (χ2n) is 14.9. The van der Waals surface area contributed by atoms with Crippen molar-refractivity contribution in [2.45, 2.75) is 71.9 Å². The summed E-state index contributed by atoms with van der Waals surface area (Å²) < 4.78 is 21.2. The Balaban J connectivity index is 1.09. The molecule has 1 saturated heterocycles. The third-order valence-corrected chi connectivity index (χ3v) is 11.8. The van der Waals surface area contributed by atoms with Gasteiger partial charge in [0.2, 0.25) is 0 Å². The number of hydrogen-bond donors (Lipinski definition) is 1. The van der Waals surface area contributed by atoms with Crippen molar-refractivity contribution in [2.24, 2.45) is 34.1 Å². The number of likely N-dealkylation sites (tertiary alicyclic amines) is 1. The van der Waals surface area contributed by atoms with Gasteiger partial charge in [0.25, 0.3) is 5.56 Å². The summed E-state index contributed by atoms with van der Waals surface area (Å²) in [5.41, 5.74) is 3.74. The van der Waals surface area contributed by atoms with Crippen molar-refractivity contribution in [3.05, 3.63) is 100 Å². The van der Waals surface area contributed by atoms with Crippen LogP contribution in [0.3, 0.4) is 0 Å². The van der Waals surface area contributed by atoms with Crippen LogP contribution in [0.5, 0.6) is 5.75 Å². The number of aryl methyl sites for hydroxylation is 2. The minimum absolute atomic E-state index is 0.132. The number of hydrogen-bond acceptors (Lipinski definition) is 4. The molecule has 4 fully saturated rings. The molecule has 2 heterocycles. The van der Waals surface area contributed by atoms with Gasteiger partial charge in [0, 0.05) is 31.4 Å². The molecule has 3 aromatic carbocycles. The summed E-state index contributed by atoms with van der Waals surface area (Å²) in [6, 6.07) is 21.7. The Morgan fingerprint density at radius 2 is 1.85 bits per heavy atom. The number of benzene rings is 3. The first-order valence-electron chi connectivity index (χ1n) is 17.6. The van der Waals surface area contributed by atoms with Crippen LogP contribution in [0.2, 0.25) is 0 Å². The third-order valence-electron chi connectivity index (χ3n) is 11.8. The number of nitrogens with zero attached hydrogens (tertiary/aromatic N) is 4. The van der Waals surface area contributed by atoms with Crippen molar-refractivity contribution in [2.75, 3.05) is 25.5 Å². The normalized spacial score (nSPS) is 23.9. The highest BCUT2D eigenvalue weighted by Gasteiger charge is 2.56. The minimum atomic E-state index is -0.340. The first-order valence-corrected chi connectivity index (χ1v) is 17.6. The lowest BCUT2D eigenvalue weighted by Crippen LogP contribution is -2.56.